The molecule has 0 aliphatic carbocycles. The molecule has 4 heteroatoms. The summed E-state index contributed by atoms with van der Waals surface area (Å²) in [7, 11) is 0. The number of halogens is 1. The van der Waals surface area contributed by atoms with Gasteiger partial charge in [-0.05, 0) is 32.2 Å². The lowest BCUT2D eigenvalue weighted by atomic mass is 10.2. The van der Waals surface area contributed by atoms with E-state index in [0.29, 0.717) is 6.61 Å². The van der Waals surface area contributed by atoms with Crippen molar-refractivity contribution in [2.75, 3.05) is 6.61 Å². The molecule has 14 heavy (non-hydrogen) atoms. The lowest BCUT2D eigenvalue weighted by molar-refractivity contribution is -0.00983. The maximum Gasteiger partial charge on any atom is 0.0675 e. The Labute approximate surface area is 94.0 Å². The summed E-state index contributed by atoms with van der Waals surface area (Å²) >= 11 is 7.53. The average molecular weight is 234 g/mol. The summed E-state index contributed by atoms with van der Waals surface area (Å²) in [4.78, 5) is 0.996. The second kappa shape index (κ2) is 4.62. The first-order chi connectivity index (χ1) is 6.40. The smallest absolute Gasteiger partial charge is 0.0675 e. The second-order valence-corrected chi connectivity index (χ2v) is 5.52. The quantitative estimate of drug-likeness (QED) is 0.870. The fourth-order valence-electron chi connectivity index (χ4n) is 0.985. The lowest BCUT2D eigenvalue weighted by Crippen LogP contribution is -2.26. The minimum absolute atomic E-state index is 0.123. The van der Waals surface area contributed by atoms with Gasteiger partial charge in [0.25, 0.3) is 0 Å². The molecule has 1 unspecified atom stereocenters. The third-order valence-corrected chi connectivity index (χ3v) is 3.17. The Morgan fingerprint density at radius 3 is 2.64 bits per heavy atom. The summed E-state index contributed by atoms with van der Waals surface area (Å²) in [5.41, 5.74) is 5.80. The number of hydrogen-bond donors (Lipinski definition) is 1. The van der Waals surface area contributed by atoms with E-state index in [-0.39, 0.29) is 11.6 Å². The third kappa shape index (κ3) is 3.58. The molecule has 0 fully saturated rings. The molecule has 0 radical (unpaired) electrons. The van der Waals surface area contributed by atoms with Crippen molar-refractivity contribution in [2.45, 2.75) is 32.4 Å². The molecular weight excluding hydrogens is 218 g/mol. The van der Waals surface area contributed by atoms with E-state index in [1.807, 2.05) is 32.2 Å². The van der Waals surface area contributed by atoms with Crippen LogP contribution in [0.25, 0.3) is 0 Å². The van der Waals surface area contributed by atoms with Crippen LogP contribution in [-0.4, -0.2) is 12.2 Å². The molecule has 0 aliphatic heterocycles. The third-order valence-electron chi connectivity index (χ3n) is 1.68. The number of rotatable bonds is 3. The van der Waals surface area contributed by atoms with Gasteiger partial charge in [0.15, 0.2) is 0 Å². The first-order valence-electron chi connectivity index (χ1n) is 4.52. The molecule has 2 nitrogen and oxygen atoms in total. The highest BCUT2D eigenvalue weighted by atomic mass is 35.5. The summed E-state index contributed by atoms with van der Waals surface area (Å²) in [6.07, 6.45) is 0. The van der Waals surface area contributed by atoms with Crippen molar-refractivity contribution in [3.63, 3.8) is 0 Å². The molecule has 80 valence electrons. The molecular formula is C10H16ClNOS. The molecule has 1 rings (SSSR count). The average Bonchev–Trinajstić information content (AvgIpc) is 2.46. The van der Waals surface area contributed by atoms with Crippen LogP contribution >= 0.6 is 22.9 Å². The highest BCUT2D eigenvalue weighted by Crippen LogP contribution is 2.28. The standard InChI is InChI=1S/C10H16ClNOS/c1-10(2,3)13-6-8(12)9-7(11)4-5-14-9/h4-5,8H,6,12H2,1-3H3. The minimum Gasteiger partial charge on any atom is -0.374 e. The summed E-state index contributed by atoms with van der Waals surface area (Å²) in [6.45, 7) is 6.53. The van der Waals surface area contributed by atoms with Crippen LogP contribution in [-0.2, 0) is 4.74 Å². The summed E-state index contributed by atoms with van der Waals surface area (Å²) in [5, 5.41) is 2.68. The van der Waals surface area contributed by atoms with Crippen LogP contribution in [0.5, 0.6) is 0 Å². The van der Waals surface area contributed by atoms with Crippen LogP contribution in [0.1, 0.15) is 31.7 Å². The Kier molecular flexibility index (Phi) is 3.95. The molecule has 1 atom stereocenters. The van der Waals surface area contributed by atoms with Gasteiger partial charge in [0.2, 0.25) is 0 Å². The maximum absolute atomic E-state index is 5.96. The van der Waals surface area contributed by atoms with E-state index in [0.717, 1.165) is 9.90 Å². The SMILES string of the molecule is CC(C)(C)OCC(N)c1sccc1Cl. The Bertz CT molecular complexity index is 293. The zero-order valence-corrected chi connectivity index (χ0v) is 10.3. The van der Waals surface area contributed by atoms with Crippen LogP contribution in [0.3, 0.4) is 0 Å². The van der Waals surface area contributed by atoms with Gasteiger partial charge in [-0.1, -0.05) is 11.6 Å². The first-order valence-corrected chi connectivity index (χ1v) is 5.78. The fraction of sp³-hybridized carbons (Fsp3) is 0.600. The zero-order valence-electron chi connectivity index (χ0n) is 8.71. The van der Waals surface area contributed by atoms with Gasteiger partial charge < -0.3 is 10.5 Å². The largest absolute Gasteiger partial charge is 0.374 e. The molecule has 0 bridgehead atoms. The minimum atomic E-state index is -0.151. The molecule has 0 aliphatic rings. The first kappa shape index (κ1) is 12.0. The number of hydrogen-bond acceptors (Lipinski definition) is 3. The van der Waals surface area contributed by atoms with Gasteiger partial charge in [-0.15, -0.1) is 11.3 Å². The molecule has 0 saturated carbocycles. The highest BCUT2D eigenvalue weighted by Gasteiger charge is 2.16. The van der Waals surface area contributed by atoms with Gasteiger partial charge in [0.05, 0.1) is 23.3 Å². The molecule has 0 aromatic carbocycles. The number of nitrogens with two attached hydrogens (primary N) is 1. The van der Waals surface area contributed by atoms with Crippen LogP contribution in [0.15, 0.2) is 11.4 Å². The van der Waals surface area contributed by atoms with Crippen LogP contribution < -0.4 is 5.73 Å². The van der Waals surface area contributed by atoms with Gasteiger partial charge >= 0.3 is 0 Å². The fourth-order valence-corrected chi connectivity index (χ4v) is 2.17. The maximum atomic E-state index is 5.96. The normalized spacial score (nSPS) is 14.4. The number of ether oxygens (including phenoxy) is 1. The van der Waals surface area contributed by atoms with Crippen molar-refractivity contribution in [1.82, 2.24) is 0 Å². The molecule has 1 aromatic rings. The van der Waals surface area contributed by atoms with E-state index in [1.54, 1.807) is 11.3 Å². The van der Waals surface area contributed by atoms with E-state index in [2.05, 4.69) is 0 Å². The number of thiophene rings is 1. The second-order valence-electron chi connectivity index (χ2n) is 4.16. The van der Waals surface area contributed by atoms with E-state index >= 15 is 0 Å². The summed E-state index contributed by atoms with van der Waals surface area (Å²) in [6, 6.07) is 1.74. The van der Waals surface area contributed by atoms with Gasteiger partial charge in [-0.25, -0.2) is 0 Å². The van der Waals surface area contributed by atoms with Gasteiger partial charge in [0.1, 0.15) is 0 Å². The van der Waals surface area contributed by atoms with Crippen LogP contribution in [0, 0.1) is 0 Å². The Balaban J connectivity index is 2.51. The Morgan fingerprint density at radius 2 is 2.21 bits per heavy atom. The molecule has 0 amide bonds. The van der Waals surface area contributed by atoms with Crippen LogP contribution in [0.2, 0.25) is 5.02 Å². The van der Waals surface area contributed by atoms with Crippen molar-refractivity contribution in [2.24, 2.45) is 5.73 Å². The zero-order chi connectivity index (χ0) is 10.8. The summed E-state index contributed by atoms with van der Waals surface area (Å²) in [5.74, 6) is 0. The molecule has 0 saturated heterocycles. The topological polar surface area (TPSA) is 35.2 Å². The predicted octanol–water partition coefficient (Wildman–Crippen LogP) is 3.22. The van der Waals surface area contributed by atoms with Crippen molar-refractivity contribution in [3.8, 4) is 0 Å². The van der Waals surface area contributed by atoms with Crippen molar-refractivity contribution < 1.29 is 4.74 Å². The lowest BCUT2D eigenvalue weighted by Gasteiger charge is -2.22. The van der Waals surface area contributed by atoms with Gasteiger partial charge in [-0.2, -0.15) is 0 Å². The monoisotopic (exact) mass is 233 g/mol. The van der Waals surface area contributed by atoms with Gasteiger partial charge in [0, 0.05) is 4.88 Å². The molecule has 0 spiro atoms. The summed E-state index contributed by atoms with van der Waals surface area (Å²) < 4.78 is 5.59. The predicted molar refractivity (Wildman–Crippen MR) is 62.0 cm³/mol. The van der Waals surface area contributed by atoms with E-state index in [4.69, 9.17) is 22.1 Å². The molecule has 1 heterocycles. The van der Waals surface area contributed by atoms with Crippen molar-refractivity contribution in [1.29, 1.82) is 0 Å². The van der Waals surface area contributed by atoms with E-state index in [9.17, 15) is 0 Å². The van der Waals surface area contributed by atoms with E-state index < -0.39 is 0 Å². The molecule has 2 N–H and O–H groups in total. The van der Waals surface area contributed by atoms with Gasteiger partial charge in [-0.3, -0.25) is 0 Å². The highest BCUT2D eigenvalue weighted by molar-refractivity contribution is 7.10. The van der Waals surface area contributed by atoms with Crippen LogP contribution in [0.4, 0.5) is 0 Å². The van der Waals surface area contributed by atoms with Crippen molar-refractivity contribution >= 4 is 22.9 Å². The Hall–Kier alpha value is -0.0900. The molecule has 1 aromatic heterocycles. The van der Waals surface area contributed by atoms with E-state index in [1.165, 1.54) is 0 Å². The Morgan fingerprint density at radius 1 is 1.57 bits per heavy atom. The van der Waals surface area contributed by atoms with Crippen molar-refractivity contribution in [3.05, 3.63) is 21.3 Å².